The first-order valence-electron chi connectivity index (χ1n) is 10.4. The third kappa shape index (κ3) is 4.57. The molecule has 0 spiro atoms. The van der Waals surface area contributed by atoms with Gasteiger partial charge in [0.1, 0.15) is 0 Å². The van der Waals surface area contributed by atoms with E-state index in [2.05, 4.69) is 100.0 Å². The molecular weight excluding hydrogens is 519 g/mol. The van der Waals surface area contributed by atoms with Crippen LogP contribution in [0, 0.1) is 0 Å². The first kappa shape index (κ1) is 25.9. The van der Waals surface area contributed by atoms with Crippen LogP contribution in [-0.2, 0) is 21.3 Å². The molecule has 0 fully saturated rings. The van der Waals surface area contributed by atoms with Gasteiger partial charge >= 0.3 is 181 Å². The van der Waals surface area contributed by atoms with Gasteiger partial charge in [0.25, 0.3) is 0 Å². The van der Waals surface area contributed by atoms with E-state index in [4.69, 9.17) is 4.21 Å². The van der Waals surface area contributed by atoms with Gasteiger partial charge in [-0.25, -0.2) is 0 Å². The van der Waals surface area contributed by atoms with Crippen LogP contribution >= 0.6 is 0 Å². The van der Waals surface area contributed by atoms with Crippen LogP contribution in [0.4, 0.5) is 0 Å². The van der Waals surface area contributed by atoms with Crippen molar-refractivity contribution in [3.63, 3.8) is 0 Å². The Labute approximate surface area is 204 Å². The summed E-state index contributed by atoms with van der Waals surface area (Å²) in [7, 11) is -2.72. The van der Waals surface area contributed by atoms with Gasteiger partial charge in [0.2, 0.25) is 0 Å². The summed E-state index contributed by atoms with van der Waals surface area (Å²) in [5.74, 6) is 0. The monoisotopic (exact) mass is 548 g/mol. The molecule has 0 aliphatic heterocycles. The van der Waals surface area contributed by atoms with Crippen LogP contribution in [0.3, 0.4) is 0 Å². The summed E-state index contributed by atoms with van der Waals surface area (Å²) in [5.41, 5.74) is 6.23. The number of hydrogen-bond donors (Lipinski definition) is 0. The van der Waals surface area contributed by atoms with E-state index in [1.807, 2.05) is 0 Å². The normalized spacial score (nSPS) is 19.4. The fourth-order valence-electron chi connectivity index (χ4n) is 4.83. The minimum Gasteiger partial charge on any atom is -1.00 e. The molecule has 0 saturated heterocycles. The van der Waals surface area contributed by atoms with E-state index in [1.54, 1.807) is 21.5 Å². The van der Waals surface area contributed by atoms with E-state index in [9.17, 15) is 0 Å². The predicted octanol–water partition coefficient (Wildman–Crippen LogP) is 1.08. The number of halogens is 2. The van der Waals surface area contributed by atoms with Crippen LogP contribution in [0.2, 0.25) is 39.3 Å². The molecule has 0 heterocycles. The fourth-order valence-corrected chi connectivity index (χ4v) is 15.1. The Morgan fingerprint density at radius 3 is 1.30 bits per heavy atom. The maximum Gasteiger partial charge on any atom is -1.00 e. The number of hydrogen-bond acceptors (Lipinski definition) is 0. The summed E-state index contributed by atoms with van der Waals surface area (Å²) in [5, 5.41) is 3.33. The number of allylic oxidation sites excluding steroid dienone is 2. The van der Waals surface area contributed by atoms with Gasteiger partial charge in [0, 0.05) is 0 Å². The van der Waals surface area contributed by atoms with Crippen LogP contribution in [0.5, 0.6) is 0 Å². The van der Waals surface area contributed by atoms with Gasteiger partial charge in [-0.05, 0) is 0 Å². The largest absolute Gasteiger partial charge is 1.00 e. The molecule has 2 aromatic carbocycles. The van der Waals surface area contributed by atoms with E-state index in [0.29, 0.717) is 7.25 Å². The molecule has 0 N–H and O–H groups in total. The minimum atomic E-state index is -2.06. The van der Waals surface area contributed by atoms with Crippen molar-refractivity contribution in [3.8, 4) is 0 Å². The van der Waals surface area contributed by atoms with Crippen LogP contribution < -0.4 is 24.8 Å². The first-order valence-corrected chi connectivity index (χ1v) is 22.0. The molecule has 0 aromatic heterocycles. The van der Waals surface area contributed by atoms with Crippen LogP contribution in [0.15, 0.2) is 60.7 Å². The van der Waals surface area contributed by atoms with Crippen molar-refractivity contribution in [2.75, 3.05) is 0 Å². The van der Waals surface area contributed by atoms with Crippen molar-refractivity contribution in [1.29, 1.82) is 0 Å². The van der Waals surface area contributed by atoms with Gasteiger partial charge in [-0.1, -0.05) is 0 Å². The van der Waals surface area contributed by atoms with Crippen molar-refractivity contribution in [3.05, 3.63) is 82.9 Å². The zero-order chi connectivity index (χ0) is 20.3. The first-order chi connectivity index (χ1) is 13.1. The summed E-state index contributed by atoms with van der Waals surface area (Å²) >= 11 is -2.06. The number of rotatable bonds is 4. The molecule has 2 aromatic rings. The van der Waals surface area contributed by atoms with Crippen molar-refractivity contribution < 1.29 is 46.1 Å². The molecular formula is C25H32Cl2Si2Zr. The molecule has 2 atom stereocenters. The third-order valence-electron chi connectivity index (χ3n) is 6.25. The Morgan fingerprint density at radius 1 is 0.633 bits per heavy atom. The second kappa shape index (κ2) is 9.28. The fraction of sp³-hybridized carbons (Fsp3) is 0.320. The van der Waals surface area contributed by atoms with Crippen LogP contribution in [0.1, 0.15) is 29.5 Å². The van der Waals surface area contributed by atoms with E-state index in [0.717, 1.165) is 0 Å². The topological polar surface area (TPSA) is 0 Å². The van der Waals surface area contributed by atoms with Gasteiger partial charge in [-0.2, -0.15) is 0 Å². The van der Waals surface area contributed by atoms with Gasteiger partial charge < -0.3 is 24.8 Å². The zero-order valence-corrected chi connectivity index (χ0v) is 24.9. The summed E-state index contributed by atoms with van der Waals surface area (Å²) in [6, 6.07) is 18.4. The Balaban J connectivity index is 0.00000160. The van der Waals surface area contributed by atoms with E-state index >= 15 is 0 Å². The number of fused-ring (bicyclic) bond motifs is 2. The Morgan fingerprint density at radius 2 is 0.967 bits per heavy atom. The molecule has 0 saturated carbocycles. The molecule has 4 rings (SSSR count). The molecule has 0 amide bonds. The van der Waals surface area contributed by atoms with Gasteiger partial charge in [-0.15, -0.1) is 0 Å². The molecule has 0 bridgehead atoms. The average Bonchev–Trinajstić information content (AvgIpc) is 3.20. The standard InChI is InChI=1S/2C12H15Si.CH2.2ClH.Zr/c2*1-13(2,3)12-9-8-10-6-4-5-7-11(10)12;;;;/h2*4-9H,1-3H3;1H2;2*1H;/q;;;;;+2/p-2. The van der Waals surface area contributed by atoms with E-state index in [1.165, 1.54) is 11.1 Å². The van der Waals surface area contributed by atoms with Crippen molar-refractivity contribution in [2.45, 2.75) is 46.5 Å². The second-order valence-electron chi connectivity index (χ2n) is 10.4. The van der Waals surface area contributed by atoms with Crippen LogP contribution in [0.25, 0.3) is 10.4 Å². The quantitative estimate of drug-likeness (QED) is 0.500. The molecule has 0 nitrogen and oxygen atoms in total. The average molecular weight is 551 g/mol. The minimum absolute atomic E-state index is 0. The summed E-state index contributed by atoms with van der Waals surface area (Å²) < 4.78 is 6.19. The zero-order valence-electron chi connectivity index (χ0n) is 18.9. The molecule has 2 aliphatic rings. The SMILES string of the molecule is [CH2]=[Zr+2]([CH]1C=C([Si](C)(C)C)c2ccccc21)[CH]1C=C([Si](C)(C)C)c2ccccc21.[Cl-].[Cl-]. The Kier molecular flexibility index (Phi) is 8.02. The molecule has 5 heteroatoms. The van der Waals surface area contributed by atoms with E-state index < -0.39 is 37.4 Å². The molecule has 2 aliphatic carbocycles. The van der Waals surface area contributed by atoms with Gasteiger partial charge in [-0.3, -0.25) is 0 Å². The van der Waals surface area contributed by atoms with Gasteiger partial charge in [0.15, 0.2) is 0 Å². The third-order valence-corrected chi connectivity index (χ3v) is 16.6. The van der Waals surface area contributed by atoms with Gasteiger partial charge in [0.05, 0.1) is 0 Å². The maximum absolute atomic E-state index is 4.97. The molecule has 0 radical (unpaired) electrons. The maximum atomic E-state index is 4.97. The molecule has 2 unspecified atom stereocenters. The van der Waals surface area contributed by atoms with Crippen molar-refractivity contribution in [2.24, 2.45) is 0 Å². The van der Waals surface area contributed by atoms with Crippen molar-refractivity contribution in [1.82, 2.24) is 0 Å². The summed E-state index contributed by atoms with van der Waals surface area (Å²) in [4.78, 5) is 0. The van der Waals surface area contributed by atoms with Crippen molar-refractivity contribution >= 4 is 30.8 Å². The van der Waals surface area contributed by atoms with Crippen LogP contribution in [-0.4, -0.2) is 20.4 Å². The smallest absolute Gasteiger partial charge is 1.00 e. The summed E-state index contributed by atoms with van der Waals surface area (Å²) in [6.07, 6.45) is 5.34. The molecule has 158 valence electrons. The Hall–Kier alpha value is -0.313. The number of benzene rings is 2. The predicted molar refractivity (Wildman–Crippen MR) is 128 cm³/mol. The second-order valence-corrected chi connectivity index (χ2v) is 26.3. The molecule has 30 heavy (non-hydrogen) atoms. The summed E-state index contributed by atoms with van der Waals surface area (Å²) in [6.45, 7) is 14.9. The van der Waals surface area contributed by atoms with E-state index in [-0.39, 0.29) is 24.8 Å². The Bertz CT molecular complexity index is 944.